The van der Waals surface area contributed by atoms with E-state index in [1.807, 2.05) is 58.0 Å². The molecule has 0 radical (unpaired) electrons. The lowest BCUT2D eigenvalue weighted by atomic mass is 9.84. The Kier molecular flexibility index (Phi) is 8.56. The highest BCUT2D eigenvalue weighted by molar-refractivity contribution is 5.69. The summed E-state index contributed by atoms with van der Waals surface area (Å²) < 4.78 is 14.5. The summed E-state index contributed by atoms with van der Waals surface area (Å²) in [5.41, 5.74) is 2.60. The number of amides is 1. The Morgan fingerprint density at radius 2 is 1.98 bits per heavy atom. The molecule has 2 aliphatic rings. The molecule has 4 heterocycles. The van der Waals surface area contributed by atoms with Crippen molar-refractivity contribution in [1.29, 1.82) is 0 Å². The predicted octanol–water partition coefficient (Wildman–Crippen LogP) is 4.89. The van der Waals surface area contributed by atoms with Crippen molar-refractivity contribution in [3.63, 3.8) is 0 Å². The van der Waals surface area contributed by atoms with Gasteiger partial charge >= 0.3 is 6.09 Å². The predicted molar refractivity (Wildman–Crippen MR) is 161 cm³/mol. The molecule has 5 rings (SSSR count). The first-order valence-electron chi connectivity index (χ1n) is 14.9. The van der Waals surface area contributed by atoms with Crippen LogP contribution in [0, 0.1) is 12.8 Å². The smallest absolute Gasteiger partial charge is 0.410 e. The fourth-order valence-corrected chi connectivity index (χ4v) is 5.76. The quantitative estimate of drug-likeness (QED) is 0.372. The number of aromatic nitrogens is 5. The summed E-state index contributed by atoms with van der Waals surface area (Å²) in [6, 6.07) is 3.69. The maximum absolute atomic E-state index is 13.3. The van der Waals surface area contributed by atoms with Crippen LogP contribution in [0.4, 0.5) is 10.5 Å². The van der Waals surface area contributed by atoms with Gasteiger partial charge in [-0.05, 0) is 72.3 Å². The van der Waals surface area contributed by atoms with Gasteiger partial charge in [-0.3, -0.25) is 14.3 Å². The monoisotopic (exact) mass is 577 g/mol. The summed E-state index contributed by atoms with van der Waals surface area (Å²) >= 11 is 0. The molecule has 11 heteroatoms. The number of hydrogen-bond donors (Lipinski definition) is 0. The third-order valence-corrected chi connectivity index (χ3v) is 8.40. The van der Waals surface area contributed by atoms with Gasteiger partial charge in [-0.25, -0.2) is 9.48 Å². The van der Waals surface area contributed by atoms with Crippen molar-refractivity contribution >= 4 is 11.8 Å². The van der Waals surface area contributed by atoms with E-state index in [0.717, 1.165) is 55.6 Å². The molecule has 1 saturated carbocycles. The van der Waals surface area contributed by atoms with Crippen LogP contribution in [0.5, 0.6) is 5.75 Å². The van der Waals surface area contributed by atoms with Crippen LogP contribution in [-0.2, 0) is 4.74 Å². The standard InChI is InChI=1S/C31H43N7O4/c1-21-26(16-32-17-28(21)41-6)27-20-38(34-33-27)22(2)36-14-12-24(15-29(36)39)35-13-8-11-25(19-35)37(18-23-9-7-10-23)30(40)42-31(3,4)5/h12,14-17,20,22-23,25H,7-11,13,18-19H2,1-6H3/t22?,25-/m1/s1. The molecule has 0 N–H and O–H groups in total. The van der Waals surface area contributed by atoms with Crippen LogP contribution in [0.2, 0.25) is 0 Å². The van der Waals surface area contributed by atoms with Gasteiger partial charge in [0.15, 0.2) is 0 Å². The Hall–Kier alpha value is -3.89. The van der Waals surface area contributed by atoms with Gasteiger partial charge in [0.1, 0.15) is 23.2 Å². The molecule has 3 aromatic heterocycles. The van der Waals surface area contributed by atoms with E-state index >= 15 is 0 Å². The average Bonchev–Trinajstić information content (AvgIpc) is 3.41. The second kappa shape index (κ2) is 12.1. The fraction of sp³-hybridized carbons (Fsp3) is 0.581. The lowest BCUT2D eigenvalue weighted by molar-refractivity contribution is 0.00736. The van der Waals surface area contributed by atoms with Crippen molar-refractivity contribution in [3.05, 3.63) is 52.8 Å². The largest absolute Gasteiger partial charge is 0.495 e. The van der Waals surface area contributed by atoms with Gasteiger partial charge in [0.05, 0.1) is 25.5 Å². The average molecular weight is 578 g/mol. The number of nitrogens with zero attached hydrogens (tertiary/aromatic N) is 7. The van der Waals surface area contributed by atoms with E-state index in [0.29, 0.717) is 23.9 Å². The van der Waals surface area contributed by atoms with Gasteiger partial charge in [0.25, 0.3) is 5.56 Å². The van der Waals surface area contributed by atoms with Crippen LogP contribution in [0.15, 0.2) is 41.7 Å². The second-order valence-corrected chi connectivity index (χ2v) is 12.5. The Morgan fingerprint density at radius 3 is 2.64 bits per heavy atom. The normalized spacial score (nSPS) is 18.3. The Labute approximate surface area is 247 Å². The van der Waals surface area contributed by atoms with Crippen LogP contribution in [0.3, 0.4) is 0 Å². The van der Waals surface area contributed by atoms with Gasteiger partial charge < -0.3 is 19.3 Å². The Balaban J connectivity index is 1.31. The molecule has 42 heavy (non-hydrogen) atoms. The van der Waals surface area contributed by atoms with Crippen LogP contribution in [-0.4, -0.2) is 73.9 Å². The first kappa shape index (κ1) is 29.6. The van der Waals surface area contributed by atoms with Crippen LogP contribution >= 0.6 is 0 Å². The van der Waals surface area contributed by atoms with Crippen molar-refractivity contribution in [2.75, 3.05) is 31.6 Å². The molecule has 2 atom stereocenters. The maximum atomic E-state index is 13.3. The third-order valence-electron chi connectivity index (χ3n) is 8.40. The Morgan fingerprint density at radius 1 is 1.19 bits per heavy atom. The van der Waals surface area contributed by atoms with Crippen molar-refractivity contribution in [1.82, 2.24) is 29.4 Å². The molecular formula is C31H43N7O4. The molecule has 0 aromatic carbocycles. The minimum Gasteiger partial charge on any atom is -0.495 e. The molecular weight excluding hydrogens is 534 g/mol. The third kappa shape index (κ3) is 6.44. The molecule has 1 aliphatic carbocycles. The molecule has 2 fully saturated rings. The summed E-state index contributed by atoms with van der Waals surface area (Å²) in [6.07, 6.45) is 11.8. The molecule has 1 aliphatic heterocycles. The minimum atomic E-state index is -0.543. The topological polar surface area (TPSA) is 108 Å². The van der Waals surface area contributed by atoms with Crippen LogP contribution in [0.25, 0.3) is 11.3 Å². The zero-order valence-electron chi connectivity index (χ0n) is 25.6. The number of ether oxygens (including phenoxy) is 2. The van der Waals surface area contributed by atoms with Gasteiger partial charge in [-0.15, -0.1) is 5.10 Å². The minimum absolute atomic E-state index is 0.0404. The van der Waals surface area contributed by atoms with E-state index in [1.54, 1.807) is 34.8 Å². The number of anilines is 1. The first-order valence-corrected chi connectivity index (χ1v) is 14.9. The Bertz CT molecular complexity index is 1460. The SMILES string of the molecule is COc1cncc(-c2cn(C(C)n3ccc(N4CCC[C@@H](N(CC5CCC5)C(=O)OC(C)(C)C)C4)cc3=O)nn2)c1C. The number of pyridine rings is 2. The van der Waals surface area contributed by atoms with Gasteiger partial charge in [-0.1, -0.05) is 11.6 Å². The number of carbonyl (C=O) groups excluding carboxylic acids is 1. The summed E-state index contributed by atoms with van der Waals surface area (Å²) in [5.74, 6) is 1.22. The number of piperidine rings is 1. The van der Waals surface area contributed by atoms with E-state index < -0.39 is 5.60 Å². The van der Waals surface area contributed by atoms with Crippen molar-refractivity contribution in [2.45, 2.75) is 84.5 Å². The zero-order valence-corrected chi connectivity index (χ0v) is 25.6. The molecule has 0 bridgehead atoms. The van der Waals surface area contributed by atoms with E-state index in [-0.39, 0.29) is 23.9 Å². The number of rotatable bonds is 8. The van der Waals surface area contributed by atoms with Crippen LogP contribution in [0.1, 0.15) is 71.5 Å². The molecule has 11 nitrogen and oxygen atoms in total. The lowest BCUT2D eigenvalue weighted by Gasteiger charge is -2.43. The van der Waals surface area contributed by atoms with Gasteiger partial charge in [0.2, 0.25) is 0 Å². The fourth-order valence-electron chi connectivity index (χ4n) is 5.76. The van der Waals surface area contributed by atoms with Crippen molar-refractivity contribution in [3.8, 4) is 17.0 Å². The van der Waals surface area contributed by atoms with E-state index in [4.69, 9.17) is 9.47 Å². The lowest BCUT2D eigenvalue weighted by Crippen LogP contribution is -2.53. The highest BCUT2D eigenvalue weighted by Crippen LogP contribution is 2.31. The first-order chi connectivity index (χ1) is 20.0. The van der Waals surface area contributed by atoms with Crippen molar-refractivity contribution in [2.24, 2.45) is 5.92 Å². The van der Waals surface area contributed by atoms with Crippen LogP contribution < -0.4 is 15.2 Å². The van der Waals surface area contributed by atoms with Crippen molar-refractivity contribution < 1.29 is 14.3 Å². The van der Waals surface area contributed by atoms with E-state index in [2.05, 4.69) is 20.2 Å². The number of carbonyl (C=O) groups is 1. The van der Waals surface area contributed by atoms with Gasteiger partial charge in [-0.2, -0.15) is 0 Å². The summed E-state index contributed by atoms with van der Waals surface area (Å²) in [7, 11) is 1.61. The molecule has 1 unspecified atom stereocenters. The molecule has 0 spiro atoms. The van der Waals surface area contributed by atoms with Gasteiger partial charge in [0, 0.05) is 54.9 Å². The van der Waals surface area contributed by atoms with E-state index in [1.165, 1.54) is 6.42 Å². The van der Waals surface area contributed by atoms with E-state index in [9.17, 15) is 9.59 Å². The number of hydrogen-bond acceptors (Lipinski definition) is 8. The summed E-state index contributed by atoms with van der Waals surface area (Å²) in [5, 5.41) is 8.64. The molecule has 226 valence electrons. The summed E-state index contributed by atoms with van der Waals surface area (Å²) in [4.78, 5) is 35.0. The molecule has 1 amide bonds. The number of methoxy groups -OCH3 is 1. The highest BCUT2D eigenvalue weighted by atomic mass is 16.6. The zero-order chi connectivity index (χ0) is 30.0. The second-order valence-electron chi connectivity index (χ2n) is 12.5. The molecule has 1 saturated heterocycles. The maximum Gasteiger partial charge on any atom is 0.410 e. The molecule has 3 aromatic rings. The summed E-state index contributed by atoms with van der Waals surface area (Å²) in [6.45, 7) is 11.8. The highest BCUT2D eigenvalue weighted by Gasteiger charge is 2.34.